The number of urea groups is 1. The summed E-state index contributed by atoms with van der Waals surface area (Å²) in [5.74, 6) is -0.807. The SMILES string of the molecule is CN(C)C1CCN(C(=O)NCc2ccc(C(=O)O)o2)C1. The average molecular weight is 281 g/mol. The number of nitrogens with one attached hydrogen (secondary N) is 1. The van der Waals surface area contributed by atoms with Gasteiger partial charge in [-0.3, -0.25) is 0 Å². The predicted molar refractivity (Wildman–Crippen MR) is 71.6 cm³/mol. The lowest BCUT2D eigenvalue weighted by molar-refractivity contribution is 0.0660. The number of amides is 2. The number of carboxylic acids is 1. The first-order chi connectivity index (χ1) is 9.47. The van der Waals surface area contributed by atoms with E-state index in [1.807, 2.05) is 14.1 Å². The zero-order valence-corrected chi connectivity index (χ0v) is 11.6. The fraction of sp³-hybridized carbons (Fsp3) is 0.538. The number of carboxylic acid groups (broad SMARTS) is 1. The smallest absolute Gasteiger partial charge is 0.371 e. The molecule has 1 aromatic heterocycles. The molecule has 1 atom stereocenters. The average Bonchev–Trinajstić information content (AvgIpc) is 3.05. The maximum Gasteiger partial charge on any atom is 0.371 e. The molecular weight excluding hydrogens is 262 g/mol. The summed E-state index contributed by atoms with van der Waals surface area (Å²) < 4.78 is 5.08. The maximum absolute atomic E-state index is 12.0. The second kappa shape index (κ2) is 5.96. The van der Waals surface area contributed by atoms with Gasteiger partial charge in [0.2, 0.25) is 5.76 Å². The normalized spacial score (nSPS) is 18.6. The lowest BCUT2D eigenvalue weighted by Crippen LogP contribution is -2.40. The van der Waals surface area contributed by atoms with Gasteiger partial charge < -0.3 is 24.6 Å². The Morgan fingerprint density at radius 2 is 2.25 bits per heavy atom. The highest BCUT2D eigenvalue weighted by Gasteiger charge is 2.27. The number of hydrogen-bond acceptors (Lipinski definition) is 4. The molecular formula is C13H19N3O4. The monoisotopic (exact) mass is 281 g/mol. The third-order valence-corrected chi connectivity index (χ3v) is 3.47. The van der Waals surface area contributed by atoms with Crippen LogP contribution < -0.4 is 5.32 Å². The number of carbonyl (C=O) groups is 2. The molecule has 1 fully saturated rings. The molecule has 1 aliphatic rings. The van der Waals surface area contributed by atoms with Crippen molar-refractivity contribution in [2.45, 2.75) is 19.0 Å². The largest absolute Gasteiger partial charge is 0.475 e. The minimum Gasteiger partial charge on any atom is -0.475 e. The van der Waals surface area contributed by atoms with Crippen LogP contribution in [-0.4, -0.2) is 60.1 Å². The van der Waals surface area contributed by atoms with Crippen molar-refractivity contribution >= 4 is 12.0 Å². The van der Waals surface area contributed by atoms with Gasteiger partial charge in [0.25, 0.3) is 0 Å². The Balaban J connectivity index is 1.82. The zero-order valence-electron chi connectivity index (χ0n) is 11.6. The summed E-state index contributed by atoms with van der Waals surface area (Å²) in [5, 5.41) is 11.5. The Morgan fingerprint density at radius 1 is 1.50 bits per heavy atom. The van der Waals surface area contributed by atoms with Crippen molar-refractivity contribution in [3.63, 3.8) is 0 Å². The van der Waals surface area contributed by atoms with E-state index in [1.54, 1.807) is 11.0 Å². The first-order valence-corrected chi connectivity index (χ1v) is 6.48. The number of nitrogens with zero attached hydrogens (tertiary/aromatic N) is 2. The van der Waals surface area contributed by atoms with Gasteiger partial charge in [0, 0.05) is 19.1 Å². The number of aromatic carboxylic acids is 1. The van der Waals surface area contributed by atoms with E-state index in [4.69, 9.17) is 9.52 Å². The fourth-order valence-electron chi connectivity index (χ4n) is 2.21. The molecule has 2 heterocycles. The molecule has 0 saturated carbocycles. The predicted octanol–water partition coefficient (Wildman–Crippen LogP) is 0.823. The van der Waals surface area contributed by atoms with Crippen LogP contribution in [-0.2, 0) is 6.54 Å². The topological polar surface area (TPSA) is 86.0 Å². The molecule has 20 heavy (non-hydrogen) atoms. The van der Waals surface area contributed by atoms with Crippen LogP contribution >= 0.6 is 0 Å². The summed E-state index contributed by atoms with van der Waals surface area (Å²) in [6.07, 6.45) is 0.963. The molecule has 1 unspecified atom stereocenters. The van der Waals surface area contributed by atoms with Crippen LogP contribution in [0.1, 0.15) is 22.7 Å². The van der Waals surface area contributed by atoms with Crippen molar-refractivity contribution in [2.75, 3.05) is 27.2 Å². The summed E-state index contributed by atoms with van der Waals surface area (Å²) in [6, 6.07) is 3.17. The molecule has 0 spiro atoms. The summed E-state index contributed by atoms with van der Waals surface area (Å²) in [6.45, 7) is 1.62. The van der Waals surface area contributed by atoms with E-state index in [1.165, 1.54) is 6.07 Å². The highest BCUT2D eigenvalue weighted by molar-refractivity contribution is 5.84. The number of likely N-dealkylation sites (tertiary alicyclic amines) is 1. The Bertz CT molecular complexity index is 498. The summed E-state index contributed by atoms with van der Waals surface area (Å²) in [7, 11) is 4.00. The van der Waals surface area contributed by atoms with Crippen molar-refractivity contribution in [3.05, 3.63) is 23.7 Å². The van der Waals surface area contributed by atoms with Crippen LogP contribution in [0.2, 0.25) is 0 Å². The van der Waals surface area contributed by atoms with Crippen molar-refractivity contribution < 1.29 is 19.1 Å². The number of hydrogen-bond donors (Lipinski definition) is 2. The molecule has 2 rings (SSSR count). The minimum absolute atomic E-state index is 0.122. The van der Waals surface area contributed by atoms with Crippen LogP contribution in [0.25, 0.3) is 0 Å². The molecule has 7 heteroatoms. The van der Waals surface area contributed by atoms with Crippen molar-refractivity contribution in [1.82, 2.24) is 15.1 Å². The van der Waals surface area contributed by atoms with E-state index in [0.717, 1.165) is 13.0 Å². The number of likely N-dealkylation sites (N-methyl/N-ethyl adjacent to an activating group) is 1. The van der Waals surface area contributed by atoms with E-state index in [9.17, 15) is 9.59 Å². The summed E-state index contributed by atoms with van der Waals surface area (Å²) >= 11 is 0. The molecule has 1 aliphatic heterocycles. The third-order valence-electron chi connectivity index (χ3n) is 3.47. The Kier molecular flexibility index (Phi) is 4.29. The number of carbonyl (C=O) groups excluding carboxylic acids is 1. The van der Waals surface area contributed by atoms with E-state index < -0.39 is 5.97 Å². The van der Waals surface area contributed by atoms with Crippen molar-refractivity contribution in [2.24, 2.45) is 0 Å². The zero-order chi connectivity index (χ0) is 14.7. The van der Waals surface area contributed by atoms with Gasteiger partial charge in [0.15, 0.2) is 0 Å². The van der Waals surface area contributed by atoms with Gasteiger partial charge in [0.1, 0.15) is 5.76 Å². The minimum atomic E-state index is -1.11. The quantitative estimate of drug-likeness (QED) is 0.853. The first kappa shape index (κ1) is 14.4. The van der Waals surface area contributed by atoms with E-state index >= 15 is 0 Å². The second-order valence-corrected chi connectivity index (χ2v) is 5.08. The Labute approximate surface area is 117 Å². The molecule has 1 saturated heterocycles. The number of rotatable bonds is 4. The Morgan fingerprint density at radius 3 is 2.80 bits per heavy atom. The highest BCUT2D eigenvalue weighted by atomic mass is 16.4. The van der Waals surface area contributed by atoms with Crippen LogP contribution in [0.3, 0.4) is 0 Å². The third kappa shape index (κ3) is 3.30. The lowest BCUT2D eigenvalue weighted by Gasteiger charge is -2.20. The van der Waals surface area contributed by atoms with Gasteiger partial charge >= 0.3 is 12.0 Å². The van der Waals surface area contributed by atoms with Crippen LogP contribution in [0.4, 0.5) is 4.79 Å². The van der Waals surface area contributed by atoms with Gasteiger partial charge in [-0.15, -0.1) is 0 Å². The molecule has 0 radical (unpaired) electrons. The van der Waals surface area contributed by atoms with Gasteiger partial charge in [-0.05, 0) is 32.6 Å². The van der Waals surface area contributed by atoms with Gasteiger partial charge in [-0.25, -0.2) is 9.59 Å². The van der Waals surface area contributed by atoms with Crippen LogP contribution in [0, 0.1) is 0 Å². The summed E-state index contributed by atoms with van der Waals surface area (Å²) in [5.41, 5.74) is 0. The maximum atomic E-state index is 12.0. The fourth-order valence-corrected chi connectivity index (χ4v) is 2.21. The van der Waals surface area contributed by atoms with E-state index in [-0.39, 0.29) is 18.3 Å². The molecule has 1 aromatic rings. The lowest BCUT2D eigenvalue weighted by atomic mass is 10.2. The van der Waals surface area contributed by atoms with Gasteiger partial charge in [0.05, 0.1) is 6.54 Å². The first-order valence-electron chi connectivity index (χ1n) is 6.48. The standard InChI is InChI=1S/C13H19N3O4/c1-15(2)9-5-6-16(8-9)13(19)14-7-10-3-4-11(20-10)12(17)18/h3-4,9H,5-8H2,1-2H3,(H,14,19)(H,17,18). The Hall–Kier alpha value is -2.02. The molecule has 0 bridgehead atoms. The molecule has 2 amide bonds. The summed E-state index contributed by atoms with van der Waals surface area (Å²) in [4.78, 5) is 26.5. The van der Waals surface area contributed by atoms with Crippen LogP contribution in [0.15, 0.2) is 16.5 Å². The van der Waals surface area contributed by atoms with Crippen LogP contribution in [0.5, 0.6) is 0 Å². The molecule has 0 aromatic carbocycles. The van der Waals surface area contributed by atoms with Gasteiger partial charge in [-0.1, -0.05) is 0 Å². The van der Waals surface area contributed by atoms with E-state index in [2.05, 4.69) is 10.2 Å². The molecule has 2 N–H and O–H groups in total. The van der Waals surface area contributed by atoms with Crippen molar-refractivity contribution in [3.8, 4) is 0 Å². The number of furan rings is 1. The second-order valence-electron chi connectivity index (χ2n) is 5.08. The van der Waals surface area contributed by atoms with Crippen molar-refractivity contribution in [1.29, 1.82) is 0 Å². The van der Waals surface area contributed by atoms with E-state index in [0.29, 0.717) is 18.3 Å². The van der Waals surface area contributed by atoms with Gasteiger partial charge in [-0.2, -0.15) is 0 Å². The molecule has 0 aliphatic carbocycles. The molecule has 7 nitrogen and oxygen atoms in total. The highest BCUT2D eigenvalue weighted by Crippen LogP contribution is 2.13. The molecule has 110 valence electrons.